The summed E-state index contributed by atoms with van der Waals surface area (Å²) in [6.07, 6.45) is 0.692. The number of likely N-dealkylation sites (tertiary alicyclic amines) is 1. The Balaban J connectivity index is 2.29. The van der Waals surface area contributed by atoms with Crippen molar-refractivity contribution in [2.24, 2.45) is 5.92 Å². The fourth-order valence-corrected chi connectivity index (χ4v) is 1.65. The fourth-order valence-electron chi connectivity index (χ4n) is 1.65. The second-order valence-corrected chi connectivity index (χ2v) is 3.60. The van der Waals surface area contributed by atoms with Gasteiger partial charge in [-0.25, -0.2) is 0 Å². The molecule has 0 saturated carbocycles. The molecule has 0 aromatic rings. The molecular weight excluding hydrogens is 170 g/mol. The second kappa shape index (κ2) is 4.58. The van der Waals surface area contributed by atoms with Gasteiger partial charge in [0.1, 0.15) is 0 Å². The Morgan fingerprint density at radius 3 is 2.92 bits per heavy atom. The number of ether oxygens (including phenoxy) is 1. The third-order valence-electron chi connectivity index (χ3n) is 2.57. The van der Waals surface area contributed by atoms with Gasteiger partial charge in [0.25, 0.3) is 0 Å². The molecule has 0 radical (unpaired) electrons. The van der Waals surface area contributed by atoms with Gasteiger partial charge < -0.3 is 9.84 Å². The highest BCUT2D eigenvalue weighted by atomic mass is 16.5. The van der Waals surface area contributed by atoms with Crippen LogP contribution in [0.2, 0.25) is 0 Å². The Morgan fingerprint density at radius 1 is 1.77 bits per heavy atom. The van der Waals surface area contributed by atoms with E-state index in [1.54, 1.807) is 6.92 Å². The van der Waals surface area contributed by atoms with Gasteiger partial charge in [-0.2, -0.15) is 0 Å². The molecule has 4 nitrogen and oxygen atoms in total. The summed E-state index contributed by atoms with van der Waals surface area (Å²) in [6, 6.07) is 0. The van der Waals surface area contributed by atoms with E-state index in [1.807, 2.05) is 4.90 Å². The summed E-state index contributed by atoms with van der Waals surface area (Å²) < 4.78 is 4.56. The van der Waals surface area contributed by atoms with Crippen molar-refractivity contribution in [1.29, 1.82) is 0 Å². The van der Waals surface area contributed by atoms with E-state index in [2.05, 4.69) is 4.74 Å². The first kappa shape index (κ1) is 10.5. The fraction of sp³-hybridized carbons (Fsp3) is 0.889. The molecule has 0 bridgehead atoms. The normalized spacial score (nSPS) is 25.9. The smallest absolute Gasteiger partial charge is 0.319 e. The minimum Gasteiger partial charge on any atom is -0.468 e. The molecule has 13 heavy (non-hydrogen) atoms. The molecule has 0 aromatic carbocycles. The van der Waals surface area contributed by atoms with E-state index in [-0.39, 0.29) is 12.1 Å². The first-order valence-electron chi connectivity index (χ1n) is 4.60. The van der Waals surface area contributed by atoms with Gasteiger partial charge in [0.2, 0.25) is 0 Å². The number of aliphatic hydroxyl groups excluding tert-OH is 1. The third-order valence-corrected chi connectivity index (χ3v) is 2.57. The van der Waals surface area contributed by atoms with Gasteiger partial charge >= 0.3 is 5.97 Å². The number of hydrogen-bond acceptors (Lipinski definition) is 4. The van der Waals surface area contributed by atoms with Gasteiger partial charge in [-0.05, 0) is 25.8 Å². The number of methoxy groups -OCH3 is 1. The van der Waals surface area contributed by atoms with E-state index in [9.17, 15) is 9.90 Å². The first-order chi connectivity index (χ1) is 6.13. The van der Waals surface area contributed by atoms with Crippen LogP contribution in [0.1, 0.15) is 13.3 Å². The molecule has 1 fully saturated rings. The SMILES string of the molecule is COC(=O)CN1CCC(C(C)O)C1. The van der Waals surface area contributed by atoms with Crippen molar-refractivity contribution in [3.05, 3.63) is 0 Å². The number of esters is 1. The molecule has 2 unspecified atom stereocenters. The lowest BCUT2D eigenvalue weighted by Gasteiger charge is -2.15. The molecule has 1 saturated heterocycles. The summed E-state index contributed by atoms with van der Waals surface area (Å²) in [5, 5.41) is 9.32. The van der Waals surface area contributed by atoms with Crippen LogP contribution in [0.5, 0.6) is 0 Å². The number of carbonyl (C=O) groups is 1. The van der Waals surface area contributed by atoms with E-state index in [4.69, 9.17) is 0 Å². The topological polar surface area (TPSA) is 49.8 Å². The second-order valence-electron chi connectivity index (χ2n) is 3.60. The van der Waals surface area contributed by atoms with Gasteiger partial charge in [-0.3, -0.25) is 9.69 Å². The number of hydrogen-bond donors (Lipinski definition) is 1. The van der Waals surface area contributed by atoms with Crippen molar-refractivity contribution in [3.8, 4) is 0 Å². The average molecular weight is 187 g/mol. The highest BCUT2D eigenvalue weighted by Gasteiger charge is 2.26. The molecule has 0 amide bonds. The molecule has 1 heterocycles. The van der Waals surface area contributed by atoms with Crippen LogP contribution < -0.4 is 0 Å². The Kier molecular flexibility index (Phi) is 3.69. The summed E-state index contributed by atoms with van der Waals surface area (Å²) in [5.41, 5.74) is 0. The molecule has 0 spiro atoms. The van der Waals surface area contributed by atoms with Gasteiger partial charge in [0.15, 0.2) is 0 Å². The maximum Gasteiger partial charge on any atom is 0.319 e. The zero-order chi connectivity index (χ0) is 9.84. The summed E-state index contributed by atoms with van der Waals surface area (Å²) in [7, 11) is 1.39. The molecule has 1 rings (SSSR count). The highest BCUT2D eigenvalue weighted by Crippen LogP contribution is 2.18. The lowest BCUT2D eigenvalue weighted by Crippen LogP contribution is -2.30. The maximum atomic E-state index is 10.9. The predicted octanol–water partition coefficient (Wildman–Crippen LogP) is -0.138. The maximum absolute atomic E-state index is 10.9. The molecule has 1 N–H and O–H groups in total. The Hall–Kier alpha value is -0.610. The third kappa shape index (κ3) is 2.97. The van der Waals surface area contributed by atoms with E-state index < -0.39 is 0 Å². The monoisotopic (exact) mass is 187 g/mol. The molecule has 1 aliphatic heterocycles. The van der Waals surface area contributed by atoms with Crippen molar-refractivity contribution in [2.45, 2.75) is 19.4 Å². The summed E-state index contributed by atoms with van der Waals surface area (Å²) in [6.45, 7) is 3.82. The molecule has 0 aliphatic carbocycles. The number of nitrogens with zero attached hydrogens (tertiary/aromatic N) is 1. The van der Waals surface area contributed by atoms with Crippen molar-refractivity contribution in [2.75, 3.05) is 26.7 Å². The Morgan fingerprint density at radius 2 is 2.46 bits per heavy atom. The Bertz CT molecular complexity index is 182. The van der Waals surface area contributed by atoms with Gasteiger partial charge in [0.05, 0.1) is 19.8 Å². The summed E-state index contributed by atoms with van der Waals surface area (Å²) in [5.74, 6) is 0.107. The van der Waals surface area contributed by atoms with Gasteiger partial charge in [-0.1, -0.05) is 0 Å². The zero-order valence-electron chi connectivity index (χ0n) is 8.19. The predicted molar refractivity (Wildman–Crippen MR) is 48.2 cm³/mol. The van der Waals surface area contributed by atoms with Crippen LogP contribution in [0.25, 0.3) is 0 Å². The first-order valence-corrected chi connectivity index (χ1v) is 4.60. The van der Waals surface area contributed by atoms with Crippen LogP contribution in [0.15, 0.2) is 0 Å². The molecule has 1 aliphatic rings. The quantitative estimate of drug-likeness (QED) is 0.625. The largest absolute Gasteiger partial charge is 0.468 e. The number of aliphatic hydroxyl groups is 1. The van der Waals surface area contributed by atoms with E-state index in [1.165, 1.54) is 7.11 Å². The van der Waals surface area contributed by atoms with Crippen LogP contribution in [-0.4, -0.2) is 48.8 Å². The standard InChI is InChI=1S/C9H17NO3/c1-7(11)8-3-4-10(5-8)6-9(12)13-2/h7-8,11H,3-6H2,1-2H3. The van der Waals surface area contributed by atoms with Gasteiger partial charge in [0, 0.05) is 6.54 Å². The minimum absolute atomic E-state index is 0.203. The average Bonchev–Trinajstić information content (AvgIpc) is 2.52. The zero-order valence-corrected chi connectivity index (χ0v) is 8.19. The van der Waals surface area contributed by atoms with E-state index in [0.717, 1.165) is 19.5 Å². The lowest BCUT2D eigenvalue weighted by atomic mass is 10.0. The van der Waals surface area contributed by atoms with Crippen LogP contribution in [0, 0.1) is 5.92 Å². The molecule has 2 atom stereocenters. The van der Waals surface area contributed by atoms with Crippen molar-refractivity contribution in [1.82, 2.24) is 4.90 Å². The van der Waals surface area contributed by atoms with Gasteiger partial charge in [-0.15, -0.1) is 0 Å². The van der Waals surface area contributed by atoms with E-state index >= 15 is 0 Å². The van der Waals surface area contributed by atoms with Crippen molar-refractivity contribution in [3.63, 3.8) is 0 Å². The lowest BCUT2D eigenvalue weighted by molar-refractivity contribution is -0.141. The van der Waals surface area contributed by atoms with Crippen LogP contribution in [0.3, 0.4) is 0 Å². The number of carbonyl (C=O) groups excluding carboxylic acids is 1. The van der Waals surface area contributed by atoms with Crippen LogP contribution in [-0.2, 0) is 9.53 Å². The molecule has 0 aromatic heterocycles. The number of rotatable bonds is 3. The summed E-state index contributed by atoms with van der Waals surface area (Å²) in [4.78, 5) is 12.9. The van der Waals surface area contributed by atoms with Crippen molar-refractivity contribution < 1.29 is 14.6 Å². The van der Waals surface area contributed by atoms with Crippen molar-refractivity contribution >= 4 is 5.97 Å². The molecule has 76 valence electrons. The Labute approximate surface area is 78.5 Å². The highest BCUT2D eigenvalue weighted by molar-refractivity contribution is 5.71. The summed E-state index contributed by atoms with van der Waals surface area (Å²) >= 11 is 0. The van der Waals surface area contributed by atoms with Crippen LogP contribution in [0.4, 0.5) is 0 Å². The van der Waals surface area contributed by atoms with E-state index in [0.29, 0.717) is 12.5 Å². The molecular formula is C9H17NO3. The molecule has 4 heteroatoms. The van der Waals surface area contributed by atoms with Crippen LogP contribution >= 0.6 is 0 Å². The minimum atomic E-state index is -0.275.